The summed E-state index contributed by atoms with van der Waals surface area (Å²) < 4.78 is 38.1. The molecule has 3 nitrogen and oxygen atoms in total. The molecule has 2 aromatic rings. The maximum atomic E-state index is 12.7. The quantitative estimate of drug-likeness (QED) is 0.805. The SMILES string of the molecule is O=C(NC(CC(F)(F)F)C(=O)c1ccsc1)c1ccc(Cl)cc1. The molecule has 0 saturated carbocycles. The van der Waals surface area contributed by atoms with E-state index in [1.807, 2.05) is 0 Å². The summed E-state index contributed by atoms with van der Waals surface area (Å²) >= 11 is 6.88. The zero-order chi connectivity index (χ0) is 17.0. The zero-order valence-corrected chi connectivity index (χ0v) is 13.1. The van der Waals surface area contributed by atoms with Gasteiger partial charge in [-0.3, -0.25) is 9.59 Å². The van der Waals surface area contributed by atoms with Crippen molar-refractivity contribution >= 4 is 34.6 Å². The molecule has 1 atom stereocenters. The summed E-state index contributed by atoms with van der Waals surface area (Å²) in [5.74, 6) is -1.54. The smallest absolute Gasteiger partial charge is 0.341 e. The highest BCUT2D eigenvalue weighted by molar-refractivity contribution is 7.08. The molecular weight excluding hydrogens is 351 g/mol. The Morgan fingerprint density at radius 1 is 1.13 bits per heavy atom. The third-order valence-electron chi connectivity index (χ3n) is 2.97. The minimum Gasteiger partial charge on any atom is -0.341 e. The van der Waals surface area contributed by atoms with Gasteiger partial charge in [0, 0.05) is 21.5 Å². The number of carbonyl (C=O) groups excluding carboxylic acids is 2. The Hall–Kier alpha value is -1.86. The topological polar surface area (TPSA) is 46.2 Å². The summed E-state index contributed by atoms with van der Waals surface area (Å²) in [7, 11) is 0. The van der Waals surface area contributed by atoms with E-state index in [-0.39, 0.29) is 11.1 Å². The van der Waals surface area contributed by atoms with Gasteiger partial charge < -0.3 is 5.32 Å². The van der Waals surface area contributed by atoms with Gasteiger partial charge in [-0.25, -0.2) is 0 Å². The van der Waals surface area contributed by atoms with Gasteiger partial charge in [0.05, 0.1) is 6.42 Å². The molecule has 23 heavy (non-hydrogen) atoms. The molecular formula is C15H11ClF3NO2S. The molecule has 0 spiro atoms. The zero-order valence-electron chi connectivity index (χ0n) is 11.6. The predicted octanol–water partition coefficient (Wildman–Crippen LogP) is 4.34. The average Bonchev–Trinajstić information content (AvgIpc) is 2.99. The van der Waals surface area contributed by atoms with Crippen LogP contribution in [0.1, 0.15) is 27.1 Å². The number of rotatable bonds is 5. The van der Waals surface area contributed by atoms with Crippen molar-refractivity contribution in [2.45, 2.75) is 18.6 Å². The Morgan fingerprint density at radius 2 is 1.78 bits per heavy atom. The first-order valence-corrected chi connectivity index (χ1v) is 7.78. The van der Waals surface area contributed by atoms with Gasteiger partial charge in [-0.2, -0.15) is 24.5 Å². The highest BCUT2D eigenvalue weighted by Crippen LogP contribution is 2.24. The molecule has 0 fully saturated rings. The third kappa shape index (κ3) is 5.07. The Kier molecular flexibility index (Phi) is 5.43. The first kappa shape index (κ1) is 17.5. The molecule has 0 aliphatic rings. The highest BCUT2D eigenvalue weighted by atomic mass is 35.5. The van der Waals surface area contributed by atoms with Crippen LogP contribution in [-0.4, -0.2) is 23.9 Å². The van der Waals surface area contributed by atoms with E-state index in [1.54, 1.807) is 5.38 Å². The Balaban J connectivity index is 2.18. The van der Waals surface area contributed by atoms with E-state index < -0.39 is 30.3 Å². The normalized spacial score (nSPS) is 12.7. The molecule has 2 rings (SSSR count). The summed E-state index contributed by atoms with van der Waals surface area (Å²) in [5.41, 5.74) is 0.264. The van der Waals surface area contributed by atoms with E-state index in [1.165, 1.54) is 47.0 Å². The van der Waals surface area contributed by atoms with Crippen molar-refractivity contribution in [1.82, 2.24) is 5.32 Å². The van der Waals surface area contributed by atoms with Crippen LogP contribution < -0.4 is 5.32 Å². The fourth-order valence-electron chi connectivity index (χ4n) is 1.89. The lowest BCUT2D eigenvalue weighted by atomic mass is 10.0. The average molecular weight is 362 g/mol. The summed E-state index contributed by atoms with van der Waals surface area (Å²) in [5, 5.41) is 5.57. The molecule has 1 N–H and O–H groups in total. The predicted molar refractivity (Wildman–Crippen MR) is 82.0 cm³/mol. The molecule has 0 radical (unpaired) electrons. The number of nitrogens with one attached hydrogen (secondary N) is 1. The van der Waals surface area contributed by atoms with Crippen molar-refractivity contribution in [2.75, 3.05) is 0 Å². The fraction of sp³-hybridized carbons (Fsp3) is 0.200. The summed E-state index contributed by atoms with van der Waals surface area (Å²) in [4.78, 5) is 24.2. The van der Waals surface area contributed by atoms with Gasteiger partial charge >= 0.3 is 6.18 Å². The van der Waals surface area contributed by atoms with E-state index in [4.69, 9.17) is 11.6 Å². The van der Waals surface area contributed by atoms with E-state index in [0.29, 0.717) is 5.02 Å². The van der Waals surface area contributed by atoms with Crippen LogP contribution in [0.15, 0.2) is 41.1 Å². The summed E-state index contributed by atoms with van der Waals surface area (Å²) in [6.45, 7) is 0. The van der Waals surface area contributed by atoms with Crippen LogP contribution in [0.2, 0.25) is 5.02 Å². The van der Waals surface area contributed by atoms with E-state index in [2.05, 4.69) is 5.32 Å². The lowest BCUT2D eigenvalue weighted by Crippen LogP contribution is -2.43. The number of hydrogen-bond acceptors (Lipinski definition) is 3. The number of Topliss-reactive ketones (excluding diaryl/α,β-unsaturated/α-hetero) is 1. The molecule has 1 amide bonds. The van der Waals surface area contributed by atoms with Crippen molar-refractivity contribution in [3.63, 3.8) is 0 Å². The number of hydrogen-bond donors (Lipinski definition) is 1. The highest BCUT2D eigenvalue weighted by Gasteiger charge is 2.36. The van der Waals surface area contributed by atoms with Gasteiger partial charge in [0.15, 0.2) is 5.78 Å². The number of ketones is 1. The van der Waals surface area contributed by atoms with E-state index in [9.17, 15) is 22.8 Å². The number of halogens is 4. The second kappa shape index (κ2) is 7.14. The van der Waals surface area contributed by atoms with E-state index >= 15 is 0 Å². The van der Waals surface area contributed by atoms with Crippen LogP contribution >= 0.6 is 22.9 Å². The van der Waals surface area contributed by atoms with Crippen LogP contribution in [0.25, 0.3) is 0 Å². The first-order valence-electron chi connectivity index (χ1n) is 6.46. The van der Waals surface area contributed by atoms with Gasteiger partial charge in [-0.15, -0.1) is 0 Å². The van der Waals surface area contributed by atoms with E-state index in [0.717, 1.165) is 0 Å². The number of alkyl halides is 3. The van der Waals surface area contributed by atoms with Gasteiger partial charge in [-0.05, 0) is 35.7 Å². The summed E-state index contributed by atoms with van der Waals surface area (Å²) in [6.07, 6.45) is -6.01. The molecule has 1 heterocycles. The van der Waals surface area contributed by atoms with Crippen LogP contribution in [-0.2, 0) is 0 Å². The monoisotopic (exact) mass is 361 g/mol. The first-order chi connectivity index (χ1) is 10.8. The maximum absolute atomic E-state index is 12.7. The van der Waals surface area contributed by atoms with Crippen molar-refractivity contribution in [3.8, 4) is 0 Å². The second-order valence-electron chi connectivity index (χ2n) is 4.73. The lowest BCUT2D eigenvalue weighted by molar-refractivity contribution is -0.137. The minimum atomic E-state index is -4.58. The van der Waals surface area contributed by atoms with Crippen LogP contribution in [0.4, 0.5) is 13.2 Å². The van der Waals surface area contributed by atoms with Crippen molar-refractivity contribution in [1.29, 1.82) is 0 Å². The standard InChI is InChI=1S/C15H11ClF3NO2S/c16-11-3-1-9(2-4-11)14(22)20-12(7-15(17,18)19)13(21)10-5-6-23-8-10/h1-6,8,12H,7H2,(H,20,22). The van der Waals surface area contributed by atoms with Gasteiger partial charge in [0.25, 0.3) is 5.91 Å². The maximum Gasteiger partial charge on any atom is 0.391 e. The van der Waals surface area contributed by atoms with Gasteiger partial charge in [0.1, 0.15) is 6.04 Å². The molecule has 1 aromatic carbocycles. The Morgan fingerprint density at radius 3 is 2.30 bits per heavy atom. The molecule has 0 bridgehead atoms. The minimum absolute atomic E-state index is 0.125. The summed E-state index contributed by atoms with van der Waals surface area (Å²) in [6, 6.07) is 5.37. The largest absolute Gasteiger partial charge is 0.391 e. The van der Waals surface area contributed by atoms with Crippen LogP contribution in [0.5, 0.6) is 0 Å². The lowest BCUT2D eigenvalue weighted by Gasteiger charge is -2.19. The Bertz CT molecular complexity index is 684. The molecule has 122 valence electrons. The molecule has 0 aliphatic heterocycles. The molecule has 0 saturated heterocycles. The number of benzene rings is 1. The number of thiophene rings is 1. The Labute approximate surface area is 139 Å². The van der Waals surface area contributed by atoms with Crippen molar-refractivity contribution < 1.29 is 22.8 Å². The van der Waals surface area contributed by atoms with Gasteiger partial charge in [0.2, 0.25) is 0 Å². The van der Waals surface area contributed by atoms with Gasteiger partial charge in [-0.1, -0.05) is 11.6 Å². The number of amides is 1. The van der Waals surface area contributed by atoms with Crippen LogP contribution in [0.3, 0.4) is 0 Å². The van der Waals surface area contributed by atoms with Crippen molar-refractivity contribution in [3.05, 3.63) is 57.2 Å². The van der Waals surface area contributed by atoms with Crippen LogP contribution in [0, 0.1) is 0 Å². The molecule has 1 aromatic heterocycles. The fourth-order valence-corrected chi connectivity index (χ4v) is 2.66. The molecule has 1 unspecified atom stereocenters. The number of carbonyl (C=O) groups is 2. The molecule has 8 heteroatoms. The third-order valence-corrected chi connectivity index (χ3v) is 3.90. The molecule has 0 aliphatic carbocycles. The van der Waals surface area contributed by atoms with Crippen molar-refractivity contribution in [2.24, 2.45) is 0 Å². The second-order valence-corrected chi connectivity index (χ2v) is 5.94.